The van der Waals surface area contributed by atoms with Crippen LogP contribution in [0.25, 0.3) is 0 Å². The molecule has 1 atom stereocenters. The number of urea groups is 1. The number of methoxy groups -OCH3 is 1. The van der Waals surface area contributed by atoms with E-state index in [0.717, 1.165) is 37.2 Å². The third-order valence-electron chi connectivity index (χ3n) is 7.02. The molecule has 0 aromatic heterocycles. The van der Waals surface area contributed by atoms with Crippen LogP contribution in [0.1, 0.15) is 38.7 Å². The Morgan fingerprint density at radius 2 is 1.74 bits per heavy atom. The number of likely N-dealkylation sites (tertiary alicyclic amines) is 1. The highest BCUT2D eigenvalue weighted by atomic mass is 16.5. The van der Waals surface area contributed by atoms with Crippen molar-refractivity contribution in [2.75, 3.05) is 53.9 Å². The zero-order valence-electron chi connectivity index (χ0n) is 19.8. The summed E-state index contributed by atoms with van der Waals surface area (Å²) in [6.45, 7) is 7.83. The van der Waals surface area contributed by atoms with Crippen molar-refractivity contribution in [2.24, 2.45) is 0 Å². The van der Waals surface area contributed by atoms with Crippen molar-refractivity contribution in [3.05, 3.63) is 29.8 Å². The highest BCUT2D eigenvalue weighted by molar-refractivity contribution is 6.07. The van der Waals surface area contributed by atoms with Crippen LogP contribution in [-0.2, 0) is 11.2 Å². The highest BCUT2D eigenvalue weighted by Crippen LogP contribution is 2.38. The third-order valence-corrected chi connectivity index (χ3v) is 7.02. The molecule has 31 heavy (non-hydrogen) atoms. The SMILES string of the molecule is CCC(C)N1CCC2(CC1)C(=O)N(CCN(C)C)C(=O)N2CCc1ccc(OC)cc1. The van der Waals surface area contributed by atoms with Gasteiger partial charge in [-0.25, -0.2) is 4.79 Å². The fourth-order valence-corrected chi connectivity index (χ4v) is 4.70. The Hall–Kier alpha value is -2.12. The predicted octanol–water partition coefficient (Wildman–Crippen LogP) is 2.70. The Morgan fingerprint density at radius 3 is 2.29 bits per heavy atom. The number of likely N-dealkylation sites (N-methyl/N-ethyl adjacent to an activating group) is 1. The number of amides is 3. The lowest BCUT2D eigenvalue weighted by Gasteiger charge is -2.44. The standard InChI is InChI=1S/C24H38N4O3/c1-6-19(2)26-15-12-24(13-16-26)22(29)27(18-17-25(3)4)23(30)28(24)14-11-20-7-9-21(31-5)10-8-20/h7-10,19H,6,11-18H2,1-5H3. The maximum Gasteiger partial charge on any atom is 0.327 e. The molecule has 2 fully saturated rings. The molecule has 0 N–H and O–H groups in total. The number of carbonyl (C=O) groups is 2. The maximum atomic E-state index is 13.6. The van der Waals surface area contributed by atoms with Gasteiger partial charge in [-0.1, -0.05) is 19.1 Å². The quantitative estimate of drug-likeness (QED) is 0.564. The van der Waals surface area contributed by atoms with Gasteiger partial charge in [-0.15, -0.1) is 0 Å². The lowest BCUT2D eigenvalue weighted by atomic mass is 9.85. The molecule has 2 saturated heterocycles. The molecule has 0 saturated carbocycles. The highest BCUT2D eigenvalue weighted by Gasteiger charge is 2.57. The van der Waals surface area contributed by atoms with Crippen LogP contribution in [0, 0.1) is 0 Å². The summed E-state index contributed by atoms with van der Waals surface area (Å²) < 4.78 is 5.24. The van der Waals surface area contributed by atoms with Crippen molar-refractivity contribution in [2.45, 2.75) is 51.1 Å². The van der Waals surface area contributed by atoms with Crippen LogP contribution in [0.15, 0.2) is 24.3 Å². The van der Waals surface area contributed by atoms with Gasteiger partial charge >= 0.3 is 6.03 Å². The number of carbonyl (C=O) groups excluding carboxylic acids is 2. The summed E-state index contributed by atoms with van der Waals surface area (Å²) in [4.78, 5) is 34.8. The second-order valence-electron chi connectivity index (χ2n) is 9.12. The first-order chi connectivity index (χ1) is 14.8. The number of nitrogens with zero attached hydrogens (tertiary/aromatic N) is 4. The lowest BCUT2D eigenvalue weighted by molar-refractivity contribution is -0.136. The van der Waals surface area contributed by atoms with Crippen molar-refractivity contribution in [1.82, 2.24) is 19.6 Å². The van der Waals surface area contributed by atoms with Crippen LogP contribution in [0.3, 0.4) is 0 Å². The van der Waals surface area contributed by atoms with Gasteiger partial charge in [-0.05, 0) is 64.4 Å². The van der Waals surface area contributed by atoms with Gasteiger partial charge in [0.25, 0.3) is 5.91 Å². The number of hydrogen-bond acceptors (Lipinski definition) is 5. The van der Waals surface area contributed by atoms with E-state index in [9.17, 15) is 9.59 Å². The monoisotopic (exact) mass is 430 g/mol. The Morgan fingerprint density at radius 1 is 1.10 bits per heavy atom. The average molecular weight is 431 g/mol. The predicted molar refractivity (Wildman–Crippen MR) is 122 cm³/mol. The number of piperidine rings is 1. The molecular weight excluding hydrogens is 392 g/mol. The van der Waals surface area contributed by atoms with E-state index < -0.39 is 5.54 Å². The largest absolute Gasteiger partial charge is 0.497 e. The van der Waals surface area contributed by atoms with Gasteiger partial charge < -0.3 is 19.4 Å². The summed E-state index contributed by atoms with van der Waals surface area (Å²) in [5, 5.41) is 0. The van der Waals surface area contributed by atoms with Gasteiger partial charge in [0.1, 0.15) is 11.3 Å². The molecule has 2 heterocycles. The average Bonchev–Trinajstić information content (AvgIpc) is 2.97. The summed E-state index contributed by atoms with van der Waals surface area (Å²) in [6.07, 6.45) is 3.24. The van der Waals surface area contributed by atoms with Crippen molar-refractivity contribution in [3.63, 3.8) is 0 Å². The summed E-state index contributed by atoms with van der Waals surface area (Å²) >= 11 is 0. The van der Waals surface area contributed by atoms with Gasteiger partial charge in [0, 0.05) is 38.8 Å². The van der Waals surface area contributed by atoms with Crippen LogP contribution in [0.2, 0.25) is 0 Å². The minimum absolute atomic E-state index is 0.00196. The van der Waals surface area contributed by atoms with E-state index in [0.29, 0.717) is 38.5 Å². The van der Waals surface area contributed by atoms with E-state index in [1.54, 1.807) is 7.11 Å². The first-order valence-corrected chi connectivity index (χ1v) is 11.5. The van der Waals surface area contributed by atoms with E-state index >= 15 is 0 Å². The molecule has 7 nitrogen and oxygen atoms in total. The molecule has 1 aromatic carbocycles. The van der Waals surface area contributed by atoms with Crippen LogP contribution in [0.5, 0.6) is 5.75 Å². The minimum atomic E-state index is -0.695. The third kappa shape index (κ3) is 4.88. The molecule has 0 aliphatic carbocycles. The van der Waals surface area contributed by atoms with Crippen LogP contribution in [0.4, 0.5) is 4.79 Å². The topological polar surface area (TPSA) is 56.3 Å². The van der Waals surface area contributed by atoms with Crippen LogP contribution < -0.4 is 4.74 Å². The lowest BCUT2D eigenvalue weighted by Crippen LogP contribution is -2.58. The molecule has 3 amide bonds. The summed E-state index contributed by atoms with van der Waals surface area (Å²) in [5.41, 5.74) is 0.444. The van der Waals surface area contributed by atoms with Gasteiger partial charge in [0.15, 0.2) is 0 Å². The second-order valence-corrected chi connectivity index (χ2v) is 9.12. The molecule has 2 aliphatic rings. The smallest absolute Gasteiger partial charge is 0.327 e. The zero-order chi connectivity index (χ0) is 22.6. The number of rotatable bonds is 9. The minimum Gasteiger partial charge on any atom is -0.497 e. The van der Waals surface area contributed by atoms with Crippen LogP contribution >= 0.6 is 0 Å². The zero-order valence-corrected chi connectivity index (χ0v) is 19.8. The number of benzene rings is 1. The molecular formula is C24H38N4O3. The molecule has 3 rings (SSSR count). The van der Waals surface area contributed by atoms with E-state index in [-0.39, 0.29) is 11.9 Å². The molecule has 172 valence electrons. The summed E-state index contributed by atoms with van der Waals surface area (Å²) in [7, 11) is 5.58. The Labute approximate surface area is 186 Å². The molecule has 1 unspecified atom stereocenters. The second kappa shape index (κ2) is 10.0. The summed E-state index contributed by atoms with van der Waals surface area (Å²) in [6, 6.07) is 8.32. The molecule has 0 radical (unpaired) electrons. The first-order valence-electron chi connectivity index (χ1n) is 11.5. The molecule has 0 bridgehead atoms. The number of hydrogen-bond donors (Lipinski definition) is 0. The van der Waals surface area contributed by atoms with E-state index in [2.05, 4.69) is 18.7 Å². The fourth-order valence-electron chi connectivity index (χ4n) is 4.70. The van der Waals surface area contributed by atoms with Gasteiger partial charge in [0.05, 0.1) is 7.11 Å². The van der Waals surface area contributed by atoms with Crippen molar-refractivity contribution in [3.8, 4) is 5.75 Å². The summed E-state index contributed by atoms with van der Waals surface area (Å²) in [5.74, 6) is 0.817. The number of ether oxygens (including phenoxy) is 1. The normalized spacial score (nSPS) is 20.2. The Balaban J connectivity index is 1.78. The maximum absolute atomic E-state index is 13.6. The van der Waals surface area contributed by atoms with Crippen molar-refractivity contribution >= 4 is 11.9 Å². The van der Waals surface area contributed by atoms with Gasteiger partial charge in [-0.3, -0.25) is 9.69 Å². The van der Waals surface area contributed by atoms with Crippen molar-refractivity contribution in [1.29, 1.82) is 0 Å². The fraction of sp³-hybridized carbons (Fsp3) is 0.667. The van der Waals surface area contributed by atoms with Gasteiger partial charge in [0.2, 0.25) is 0 Å². The van der Waals surface area contributed by atoms with E-state index in [4.69, 9.17) is 4.74 Å². The van der Waals surface area contributed by atoms with E-state index in [1.165, 1.54) is 4.90 Å². The van der Waals surface area contributed by atoms with E-state index in [1.807, 2.05) is 48.2 Å². The van der Waals surface area contributed by atoms with Crippen molar-refractivity contribution < 1.29 is 14.3 Å². The molecule has 1 spiro atoms. The Kier molecular flexibility index (Phi) is 7.59. The Bertz CT molecular complexity index is 757. The first kappa shape index (κ1) is 23.5. The molecule has 1 aromatic rings. The molecule has 2 aliphatic heterocycles. The number of imide groups is 1. The molecule has 7 heteroatoms. The van der Waals surface area contributed by atoms with Crippen LogP contribution in [-0.4, -0.2) is 97.0 Å². The van der Waals surface area contributed by atoms with Gasteiger partial charge in [-0.2, -0.15) is 0 Å².